The number of aliphatic hydroxyl groups is 2. The lowest BCUT2D eigenvalue weighted by molar-refractivity contribution is -0.143. The van der Waals surface area contributed by atoms with Crippen LogP contribution in [-0.4, -0.2) is 47.4 Å². The topological polar surface area (TPSA) is 95.9 Å². The van der Waals surface area contributed by atoms with Crippen molar-refractivity contribution in [2.24, 2.45) is 0 Å². The average Bonchev–Trinajstić information content (AvgIpc) is 3.38. The number of allylic oxidation sites excluding steroid dienone is 7. The Bertz CT molecular complexity index is 1210. The minimum atomic E-state index is -0.854. The lowest BCUT2D eigenvalue weighted by Gasteiger charge is -2.20. The Kier molecular flexibility index (Phi) is 59.5. The van der Waals surface area contributed by atoms with Gasteiger partial charge in [-0.1, -0.05) is 281 Å². The highest BCUT2D eigenvalue weighted by Gasteiger charge is 2.18. The van der Waals surface area contributed by atoms with E-state index in [1.54, 1.807) is 6.08 Å². The minimum absolute atomic E-state index is 0.0242. The maximum atomic E-state index is 12.5. The molecule has 72 heavy (non-hydrogen) atoms. The molecule has 0 spiro atoms. The molecule has 0 saturated carbocycles. The Labute approximate surface area is 448 Å². The van der Waals surface area contributed by atoms with E-state index in [1.807, 2.05) is 6.08 Å². The van der Waals surface area contributed by atoms with E-state index in [2.05, 4.69) is 55.6 Å². The summed E-state index contributed by atoms with van der Waals surface area (Å²) < 4.78 is 5.44. The lowest BCUT2D eigenvalue weighted by Crippen LogP contribution is -2.45. The van der Waals surface area contributed by atoms with Gasteiger partial charge in [0.05, 0.1) is 25.4 Å². The number of carbonyl (C=O) groups excluding carboxylic acids is 2. The molecule has 1 amide bonds. The van der Waals surface area contributed by atoms with Gasteiger partial charge < -0.3 is 20.3 Å². The Morgan fingerprint density at radius 2 is 0.694 bits per heavy atom. The van der Waals surface area contributed by atoms with E-state index in [0.717, 1.165) is 77.0 Å². The van der Waals surface area contributed by atoms with Crippen LogP contribution in [0.25, 0.3) is 0 Å². The van der Waals surface area contributed by atoms with E-state index < -0.39 is 12.1 Å². The Morgan fingerprint density at radius 1 is 0.389 bits per heavy atom. The molecule has 0 radical (unpaired) electrons. The van der Waals surface area contributed by atoms with Crippen molar-refractivity contribution in [3.8, 4) is 0 Å². The van der Waals surface area contributed by atoms with Crippen molar-refractivity contribution in [3.63, 3.8) is 0 Å². The molecule has 0 aromatic rings. The van der Waals surface area contributed by atoms with Crippen LogP contribution in [0.2, 0.25) is 0 Å². The van der Waals surface area contributed by atoms with Gasteiger partial charge in [0.2, 0.25) is 5.91 Å². The molecule has 0 fully saturated rings. The second kappa shape index (κ2) is 61.4. The van der Waals surface area contributed by atoms with Gasteiger partial charge in [-0.3, -0.25) is 9.59 Å². The molecule has 6 nitrogen and oxygen atoms in total. The standard InChI is InChI=1S/C66H123NO5/c1-3-5-7-9-11-13-15-17-18-19-20-21-22-23-24-26-29-32-35-38-42-46-50-54-58-64(69)63(62-68)67-65(70)59-55-51-47-43-39-36-33-30-27-25-28-31-34-37-41-45-49-53-57-61-72-66(71)60-56-52-48-44-40-16-14-12-10-8-6-4-2/h12,14,31,34,37,41,54,58,63-64,68-69H,3-11,13,15-30,32-33,35-36,38-40,42-53,55-57,59-62H2,1-2H3,(H,67,70)/b14-12-,34-31-,41-37-,58-54+. The van der Waals surface area contributed by atoms with Crippen molar-refractivity contribution in [3.05, 3.63) is 48.6 Å². The van der Waals surface area contributed by atoms with E-state index in [1.165, 1.54) is 231 Å². The first-order valence-electron chi connectivity index (χ1n) is 31.9. The molecule has 0 aliphatic heterocycles. The van der Waals surface area contributed by atoms with Crippen LogP contribution >= 0.6 is 0 Å². The first kappa shape index (κ1) is 69.8. The summed E-state index contributed by atoms with van der Waals surface area (Å²) >= 11 is 0. The van der Waals surface area contributed by atoms with Gasteiger partial charge in [0, 0.05) is 12.8 Å². The normalized spacial score (nSPS) is 12.9. The molecule has 6 heteroatoms. The summed E-state index contributed by atoms with van der Waals surface area (Å²) in [6.07, 6.45) is 78.7. The SMILES string of the molecule is CCCCC/C=C\CCCCCCCC(=O)OCCCCC/C=C\C=C/CCCCCCCCCCCCC(=O)NC(CO)C(O)/C=C/CCCCCCCCCCCCCCCCCCCCCCCC. The van der Waals surface area contributed by atoms with Crippen LogP contribution in [0.15, 0.2) is 48.6 Å². The van der Waals surface area contributed by atoms with Gasteiger partial charge >= 0.3 is 5.97 Å². The Hall–Kier alpha value is -2.18. The highest BCUT2D eigenvalue weighted by atomic mass is 16.5. The van der Waals surface area contributed by atoms with Gasteiger partial charge in [0.1, 0.15) is 0 Å². The predicted octanol–water partition coefficient (Wildman–Crippen LogP) is 20.1. The third kappa shape index (κ3) is 57.1. The van der Waals surface area contributed by atoms with Crippen LogP contribution in [-0.2, 0) is 14.3 Å². The van der Waals surface area contributed by atoms with Crippen molar-refractivity contribution in [1.82, 2.24) is 5.32 Å². The van der Waals surface area contributed by atoms with Crippen LogP contribution in [0.3, 0.4) is 0 Å². The maximum absolute atomic E-state index is 12.5. The van der Waals surface area contributed by atoms with Crippen LogP contribution in [0.5, 0.6) is 0 Å². The van der Waals surface area contributed by atoms with E-state index in [0.29, 0.717) is 19.4 Å². The summed E-state index contributed by atoms with van der Waals surface area (Å²) in [4.78, 5) is 24.5. The number of nitrogens with one attached hydrogen (secondary N) is 1. The first-order chi connectivity index (χ1) is 35.5. The highest BCUT2D eigenvalue weighted by Crippen LogP contribution is 2.17. The monoisotopic (exact) mass is 1010 g/mol. The molecule has 0 heterocycles. The molecule has 0 aromatic heterocycles. The first-order valence-corrected chi connectivity index (χ1v) is 31.9. The number of unbranched alkanes of at least 4 members (excludes halogenated alkanes) is 43. The molecule has 2 unspecified atom stereocenters. The molecular weight excluding hydrogens is 887 g/mol. The number of carbonyl (C=O) groups is 2. The molecule has 0 rings (SSSR count). The van der Waals surface area contributed by atoms with Crippen molar-refractivity contribution in [1.29, 1.82) is 0 Å². The zero-order valence-electron chi connectivity index (χ0n) is 48.2. The number of hydrogen-bond donors (Lipinski definition) is 3. The van der Waals surface area contributed by atoms with Gasteiger partial charge in [0.15, 0.2) is 0 Å². The number of esters is 1. The molecule has 0 bridgehead atoms. The van der Waals surface area contributed by atoms with Crippen molar-refractivity contribution in [2.75, 3.05) is 13.2 Å². The van der Waals surface area contributed by atoms with Crippen LogP contribution in [0, 0.1) is 0 Å². The quantitative estimate of drug-likeness (QED) is 0.0244. The van der Waals surface area contributed by atoms with Gasteiger partial charge in [-0.2, -0.15) is 0 Å². The fraction of sp³-hybridized carbons (Fsp3) is 0.848. The molecule has 0 aliphatic carbocycles. The molecular formula is C66H123NO5. The van der Waals surface area contributed by atoms with Crippen LogP contribution < -0.4 is 5.32 Å². The molecule has 2 atom stereocenters. The number of aliphatic hydroxyl groups excluding tert-OH is 2. The number of ether oxygens (including phenoxy) is 1. The molecule has 422 valence electrons. The summed E-state index contributed by atoms with van der Waals surface area (Å²) in [6, 6.07) is -0.638. The maximum Gasteiger partial charge on any atom is 0.305 e. The third-order valence-electron chi connectivity index (χ3n) is 14.6. The van der Waals surface area contributed by atoms with Gasteiger partial charge in [0.25, 0.3) is 0 Å². The molecule has 0 saturated heterocycles. The summed E-state index contributed by atoms with van der Waals surface area (Å²) in [7, 11) is 0. The van der Waals surface area contributed by atoms with Crippen LogP contribution in [0.4, 0.5) is 0 Å². The molecule has 0 aromatic carbocycles. The van der Waals surface area contributed by atoms with E-state index >= 15 is 0 Å². The molecule has 0 aliphatic rings. The zero-order valence-corrected chi connectivity index (χ0v) is 48.2. The summed E-state index contributed by atoms with van der Waals surface area (Å²) in [5, 5.41) is 23.2. The van der Waals surface area contributed by atoms with Gasteiger partial charge in [-0.15, -0.1) is 0 Å². The van der Waals surface area contributed by atoms with Crippen molar-refractivity contribution < 1.29 is 24.5 Å². The fourth-order valence-corrected chi connectivity index (χ4v) is 9.68. The summed E-state index contributed by atoms with van der Waals surface area (Å²) in [5.41, 5.74) is 0. The minimum Gasteiger partial charge on any atom is -0.466 e. The number of rotatable bonds is 59. The van der Waals surface area contributed by atoms with E-state index in [4.69, 9.17) is 4.74 Å². The zero-order chi connectivity index (χ0) is 52.2. The van der Waals surface area contributed by atoms with Crippen molar-refractivity contribution in [2.45, 2.75) is 347 Å². The fourth-order valence-electron chi connectivity index (χ4n) is 9.68. The predicted molar refractivity (Wildman–Crippen MR) is 315 cm³/mol. The Morgan fingerprint density at radius 3 is 1.10 bits per heavy atom. The third-order valence-corrected chi connectivity index (χ3v) is 14.6. The summed E-state index contributed by atoms with van der Waals surface area (Å²) in [5.74, 6) is -0.0998. The number of amides is 1. The van der Waals surface area contributed by atoms with E-state index in [9.17, 15) is 19.8 Å². The lowest BCUT2D eigenvalue weighted by atomic mass is 10.0. The second-order valence-electron chi connectivity index (χ2n) is 21.8. The Balaban J connectivity index is 3.51. The largest absolute Gasteiger partial charge is 0.466 e. The highest BCUT2D eigenvalue weighted by molar-refractivity contribution is 5.76. The van der Waals surface area contributed by atoms with Crippen LogP contribution in [0.1, 0.15) is 335 Å². The number of hydrogen-bond acceptors (Lipinski definition) is 5. The van der Waals surface area contributed by atoms with Gasteiger partial charge in [-0.25, -0.2) is 0 Å². The molecule has 3 N–H and O–H groups in total. The average molecular weight is 1010 g/mol. The van der Waals surface area contributed by atoms with Crippen molar-refractivity contribution >= 4 is 11.9 Å². The van der Waals surface area contributed by atoms with E-state index in [-0.39, 0.29) is 18.5 Å². The smallest absolute Gasteiger partial charge is 0.305 e. The summed E-state index contributed by atoms with van der Waals surface area (Å²) in [6.45, 7) is 4.85. The second-order valence-corrected chi connectivity index (χ2v) is 21.8. The van der Waals surface area contributed by atoms with Gasteiger partial charge in [-0.05, 0) is 89.9 Å².